The first-order valence-corrected chi connectivity index (χ1v) is 4.63. The molecule has 0 bridgehead atoms. The van der Waals surface area contributed by atoms with Crippen molar-refractivity contribution in [2.45, 2.75) is 20.0 Å². The molecule has 2 heteroatoms. The van der Waals surface area contributed by atoms with E-state index in [2.05, 4.69) is 42.0 Å². The van der Waals surface area contributed by atoms with E-state index in [0.29, 0.717) is 6.54 Å². The van der Waals surface area contributed by atoms with E-state index in [9.17, 15) is 0 Å². The Kier molecular flexibility index (Phi) is 2.07. The fourth-order valence-electron chi connectivity index (χ4n) is 1.63. The molecular weight excluding hydrogens is 160 g/mol. The van der Waals surface area contributed by atoms with Crippen LogP contribution in [0.3, 0.4) is 0 Å². The van der Waals surface area contributed by atoms with Crippen molar-refractivity contribution >= 4 is 10.9 Å². The molecule has 1 aromatic carbocycles. The molecule has 0 radical (unpaired) electrons. The highest BCUT2D eigenvalue weighted by Crippen LogP contribution is 2.17. The number of hydrogen-bond acceptors (Lipinski definition) is 1. The van der Waals surface area contributed by atoms with Crippen LogP contribution >= 0.6 is 0 Å². The number of aryl methyl sites for hydroxylation is 1. The molecule has 0 fully saturated rings. The molecule has 1 aromatic heterocycles. The lowest BCUT2D eigenvalue weighted by Crippen LogP contribution is -1.97. The highest BCUT2D eigenvalue weighted by atomic mass is 14.9. The summed E-state index contributed by atoms with van der Waals surface area (Å²) in [6.07, 6.45) is 2.12. The van der Waals surface area contributed by atoms with Crippen molar-refractivity contribution in [2.24, 2.45) is 5.73 Å². The summed E-state index contributed by atoms with van der Waals surface area (Å²) in [6, 6.07) is 8.52. The third-order valence-electron chi connectivity index (χ3n) is 2.41. The molecule has 0 saturated heterocycles. The molecular formula is C11H14N2. The van der Waals surface area contributed by atoms with Crippen LogP contribution in [0.4, 0.5) is 0 Å². The minimum Gasteiger partial charge on any atom is -0.348 e. The Hall–Kier alpha value is -1.28. The van der Waals surface area contributed by atoms with E-state index in [1.165, 1.54) is 16.5 Å². The molecule has 2 N–H and O–H groups in total. The molecule has 0 saturated carbocycles. The number of fused-ring (bicyclic) bond motifs is 1. The van der Waals surface area contributed by atoms with Gasteiger partial charge in [0.25, 0.3) is 0 Å². The van der Waals surface area contributed by atoms with E-state index in [-0.39, 0.29) is 0 Å². The first-order chi connectivity index (χ1) is 6.35. The molecule has 68 valence electrons. The van der Waals surface area contributed by atoms with E-state index < -0.39 is 0 Å². The normalized spacial score (nSPS) is 10.9. The van der Waals surface area contributed by atoms with Gasteiger partial charge in [-0.3, -0.25) is 0 Å². The standard InChI is InChI=1S/C11H14N2/c1-2-13-6-5-10-4-3-9(8-12)7-11(10)13/h3-7H,2,8,12H2,1H3. The SMILES string of the molecule is CCn1ccc2ccc(CN)cc21. The van der Waals surface area contributed by atoms with Crippen LogP contribution in [0.2, 0.25) is 0 Å². The predicted molar refractivity (Wildman–Crippen MR) is 55.5 cm³/mol. The molecule has 2 aromatic rings. The van der Waals surface area contributed by atoms with Crippen LogP contribution in [-0.2, 0) is 13.1 Å². The summed E-state index contributed by atoms with van der Waals surface area (Å²) in [7, 11) is 0. The van der Waals surface area contributed by atoms with Gasteiger partial charge in [-0.15, -0.1) is 0 Å². The Balaban J connectivity index is 2.64. The van der Waals surface area contributed by atoms with Crippen LogP contribution in [0.15, 0.2) is 30.5 Å². The number of benzene rings is 1. The van der Waals surface area contributed by atoms with Crippen molar-refractivity contribution < 1.29 is 0 Å². The Bertz CT molecular complexity index is 415. The maximum Gasteiger partial charge on any atom is 0.0483 e. The zero-order valence-corrected chi connectivity index (χ0v) is 7.83. The summed E-state index contributed by atoms with van der Waals surface area (Å²) in [5, 5.41) is 1.29. The van der Waals surface area contributed by atoms with Crippen molar-refractivity contribution in [1.29, 1.82) is 0 Å². The Morgan fingerprint density at radius 1 is 1.31 bits per heavy atom. The maximum absolute atomic E-state index is 5.59. The van der Waals surface area contributed by atoms with Crippen molar-refractivity contribution in [3.63, 3.8) is 0 Å². The average molecular weight is 174 g/mol. The summed E-state index contributed by atoms with van der Waals surface area (Å²) >= 11 is 0. The molecule has 0 spiro atoms. The summed E-state index contributed by atoms with van der Waals surface area (Å²) in [6.45, 7) is 3.77. The third-order valence-corrected chi connectivity index (χ3v) is 2.41. The predicted octanol–water partition coefficient (Wildman–Crippen LogP) is 2.12. The van der Waals surface area contributed by atoms with Crippen LogP contribution < -0.4 is 5.73 Å². The van der Waals surface area contributed by atoms with Gasteiger partial charge in [0.05, 0.1) is 0 Å². The number of nitrogens with two attached hydrogens (primary N) is 1. The van der Waals surface area contributed by atoms with Gasteiger partial charge >= 0.3 is 0 Å². The van der Waals surface area contributed by atoms with Crippen molar-refractivity contribution in [2.75, 3.05) is 0 Å². The molecule has 1 heterocycles. The van der Waals surface area contributed by atoms with Gasteiger partial charge in [0.1, 0.15) is 0 Å². The topological polar surface area (TPSA) is 30.9 Å². The third kappa shape index (κ3) is 1.33. The van der Waals surface area contributed by atoms with Gasteiger partial charge in [0.15, 0.2) is 0 Å². The Morgan fingerprint density at radius 2 is 2.15 bits per heavy atom. The van der Waals surface area contributed by atoms with Gasteiger partial charge < -0.3 is 10.3 Å². The molecule has 0 aliphatic heterocycles. The van der Waals surface area contributed by atoms with E-state index in [0.717, 1.165) is 6.54 Å². The first kappa shape index (κ1) is 8.32. The molecule has 2 nitrogen and oxygen atoms in total. The zero-order chi connectivity index (χ0) is 9.26. The molecule has 0 aliphatic rings. The minimum atomic E-state index is 0.616. The van der Waals surface area contributed by atoms with Crippen LogP contribution in [0.5, 0.6) is 0 Å². The molecule has 13 heavy (non-hydrogen) atoms. The van der Waals surface area contributed by atoms with Crippen LogP contribution in [0.25, 0.3) is 10.9 Å². The quantitative estimate of drug-likeness (QED) is 0.742. The summed E-state index contributed by atoms with van der Waals surface area (Å²) in [5.74, 6) is 0. The van der Waals surface area contributed by atoms with Crippen LogP contribution in [0.1, 0.15) is 12.5 Å². The maximum atomic E-state index is 5.59. The highest BCUT2D eigenvalue weighted by molar-refractivity contribution is 5.80. The van der Waals surface area contributed by atoms with Crippen molar-refractivity contribution in [3.8, 4) is 0 Å². The van der Waals surface area contributed by atoms with Gasteiger partial charge in [0.2, 0.25) is 0 Å². The second kappa shape index (κ2) is 3.23. The Morgan fingerprint density at radius 3 is 2.85 bits per heavy atom. The number of hydrogen-bond donors (Lipinski definition) is 1. The highest BCUT2D eigenvalue weighted by Gasteiger charge is 1.99. The lowest BCUT2D eigenvalue weighted by Gasteiger charge is -2.02. The van der Waals surface area contributed by atoms with Gasteiger partial charge in [-0.2, -0.15) is 0 Å². The Labute approximate surface area is 78.0 Å². The van der Waals surface area contributed by atoms with E-state index >= 15 is 0 Å². The molecule has 0 aliphatic carbocycles. The van der Waals surface area contributed by atoms with Gasteiger partial charge in [0, 0.05) is 24.8 Å². The monoisotopic (exact) mass is 174 g/mol. The van der Waals surface area contributed by atoms with E-state index in [4.69, 9.17) is 5.73 Å². The van der Waals surface area contributed by atoms with E-state index in [1.54, 1.807) is 0 Å². The fraction of sp³-hybridized carbons (Fsp3) is 0.273. The molecule has 0 unspecified atom stereocenters. The fourth-order valence-corrected chi connectivity index (χ4v) is 1.63. The smallest absolute Gasteiger partial charge is 0.0483 e. The van der Waals surface area contributed by atoms with Crippen LogP contribution in [0, 0.1) is 0 Å². The molecule has 0 atom stereocenters. The summed E-state index contributed by atoms with van der Waals surface area (Å²) < 4.78 is 2.23. The van der Waals surface area contributed by atoms with Gasteiger partial charge in [-0.1, -0.05) is 12.1 Å². The number of nitrogens with zero attached hydrogens (tertiary/aromatic N) is 1. The van der Waals surface area contributed by atoms with E-state index in [1.807, 2.05) is 0 Å². The van der Waals surface area contributed by atoms with Gasteiger partial charge in [-0.05, 0) is 30.0 Å². The minimum absolute atomic E-state index is 0.616. The number of aromatic nitrogens is 1. The number of rotatable bonds is 2. The van der Waals surface area contributed by atoms with Crippen molar-refractivity contribution in [1.82, 2.24) is 4.57 Å². The molecule has 2 rings (SSSR count). The largest absolute Gasteiger partial charge is 0.348 e. The second-order valence-electron chi connectivity index (χ2n) is 3.20. The first-order valence-electron chi connectivity index (χ1n) is 4.63. The average Bonchev–Trinajstić information content (AvgIpc) is 2.59. The van der Waals surface area contributed by atoms with Crippen LogP contribution in [-0.4, -0.2) is 4.57 Å². The second-order valence-corrected chi connectivity index (χ2v) is 3.20. The van der Waals surface area contributed by atoms with Gasteiger partial charge in [-0.25, -0.2) is 0 Å². The molecule has 0 amide bonds. The zero-order valence-electron chi connectivity index (χ0n) is 7.83. The van der Waals surface area contributed by atoms with Crippen molar-refractivity contribution in [3.05, 3.63) is 36.0 Å². The lowest BCUT2D eigenvalue weighted by molar-refractivity contribution is 0.797. The summed E-state index contributed by atoms with van der Waals surface area (Å²) in [4.78, 5) is 0. The lowest BCUT2D eigenvalue weighted by atomic mass is 10.2. The summed E-state index contributed by atoms with van der Waals surface area (Å²) in [5.41, 5.74) is 8.07.